The van der Waals surface area contributed by atoms with Crippen LogP contribution in [-0.2, 0) is 17.9 Å². The van der Waals surface area contributed by atoms with E-state index in [-0.39, 0.29) is 24.2 Å². The number of halogens is 1. The number of carbonyl (C=O) groups is 1. The van der Waals surface area contributed by atoms with Gasteiger partial charge in [0.05, 0.1) is 41.2 Å². The maximum Gasteiger partial charge on any atom is 0.233 e. The first kappa shape index (κ1) is 21.6. The molecular weight excluding hydrogens is 421 g/mol. The quantitative estimate of drug-likeness (QED) is 0.752. The summed E-state index contributed by atoms with van der Waals surface area (Å²) in [5, 5.41) is 22.0. The van der Waals surface area contributed by atoms with Crippen molar-refractivity contribution in [3.8, 4) is 6.07 Å². The minimum atomic E-state index is -0.371. The molecule has 0 radical (unpaired) electrons. The van der Waals surface area contributed by atoms with Gasteiger partial charge in [-0.1, -0.05) is 6.07 Å². The van der Waals surface area contributed by atoms with Crippen LogP contribution >= 0.6 is 0 Å². The molecule has 170 valence electrons. The van der Waals surface area contributed by atoms with E-state index in [0.29, 0.717) is 30.9 Å². The molecular formula is C25H26FN5O2. The van der Waals surface area contributed by atoms with Gasteiger partial charge >= 0.3 is 0 Å². The normalized spacial score (nSPS) is 20.4. The summed E-state index contributed by atoms with van der Waals surface area (Å²) in [5.41, 5.74) is 5.09. The first-order valence-corrected chi connectivity index (χ1v) is 11.4. The zero-order valence-corrected chi connectivity index (χ0v) is 18.4. The van der Waals surface area contributed by atoms with Gasteiger partial charge in [0.25, 0.3) is 0 Å². The third-order valence-corrected chi connectivity index (χ3v) is 6.74. The third-order valence-electron chi connectivity index (χ3n) is 6.74. The molecule has 2 N–H and O–H groups in total. The van der Waals surface area contributed by atoms with Gasteiger partial charge in [-0.05, 0) is 48.2 Å². The van der Waals surface area contributed by atoms with E-state index < -0.39 is 0 Å². The molecule has 3 aliphatic heterocycles. The summed E-state index contributed by atoms with van der Waals surface area (Å²) in [6, 6.07) is 10.6. The number of hydrogen-bond donors (Lipinski definition) is 2. The van der Waals surface area contributed by atoms with Crippen molar-refractivity contribution in [2.45, 2.75) is 26.0 Å². The van der Waals surface area contributed by atoms with Crippen molar-refractivity contribution >= 4 is 23.0 Å². The molecule has 0 bridgehead atoms. The van der Waals surface area contributed by atoms with Crippen LogP contribution in [0.15, 0.2) is 35.3 Å². The van der Waals surface area contributed by atoms with Crippen LogP contribution in [0.2, 0.25) is 0 Å². The Morgan fingerprint density at radius 1 is 1.21 bits per heavy atom. The maximum absolute atomic E-state index is 14.4. The van der Waals surface area contributed by atoms with Gasteiger partial charge in [0.2, 0.25) is 5.91 Å². The third kappa shape index (κ3) is 4.10. The fourth-order valence-corrected chi connectivity index (χ4v) is 5.09. The summed E-state index contributed by atoms with van der Waals surface area (Å²) in [4.78, 5) is 21.5. The number of aliphatic imine (C=N–C) groups is 1. The number of nitrogens with zero attached hydrogens (tertiary/aromatic N) is 4. The average molecular weight is 448 g/mol. The van der Waals surface area contributed by atoms with Crippen molar-refractivity contribution < 1.29 is 14.3 Å². The first-order valence-electron chi connectivity index (χ1n) is 11.4. The topological polar surface area (TPSA) is 92.0 Å². The highest BCUT2D eigenvalue weighted by atomic mass is 19.1. The summed E-state index contributed by atoms with van der Waals surface area (Å²) >= 11 is 0. The van der Waals surface area contributed by atoms with Crippen LogP contribution in [0.3, 0.4) is 0 Å². The number of nitrogens with one attached hydrogen (secondary N) is 1. The van der Waals surface area contributed by atoms with E-state index in [0.717, 1.165) is 60.6 Å². The number of rotatable bonds is 4. The van der Waals surface area contributed by atoms with E-state index in [9.17, 15) is 14.3 Å². The van der Waals surface area contributed by atoms with Crippen LogP contribution in [0.1, 0.15) is 35.1 Å². The summed E-state index contributed by atoms with van der Waals surface area (Å²) < 4.78 is 14.4. The standard InChI is InChI=1S/C25H26FN5O2/c26-20-11-16(13-27)3-4-22(20)31-8-6-30(7-9-31)14-17-10-18(15-32)23-21(12-17)29-25(33)19-2-1-5-28-24(19)23/h3-4,10-12,19,32H,1-2,5-9,14-15H2,(H,29,33). The highest BCUT2D eigenvalue weighted by Gasteiger charge is 2.35. The van der Waals surface area contributed by atoms with E-state index in [4.69, 9.17) is 5.26 Å². The number of aliphatic hydroxyl groups excluding tert-OH is 1. The number of fused-ring (bicyclic) bond motifs is 3. The molecule has 1 saturated heterocycles. The van der Waals surface area contributed by atoms with Crippen LogP contribution in [0, 0.1) is 23.1 Å². The number of nitriles is 1. The predicted octanol–water partition coefficient (Wildman–Crippen LogP) is 2.66. The number of piperazine rings is 1. The Morgan fingerprint density at radius 3 is 2.76 bits per heavy atom. The number of benzene rings is 2. The van der Waals surface area contributed by atoms with Crippen LogP contribution < -0.4 is 10.2 Å². The molecule has 2 aromatic carbocycles. The Balaban J connectivity index is 1.31. The van der Waals surface area contributed by atoms with E-state index in [2.05, 4.69) is 15.2 Å². The molecule has 1 atom stereocenters. The lowest BCUT2D eigenvalue weighted by atomic mass is 9.83. The lowest BCUT2D eigenvalue weighted by Crippen LogP contribution is -2.46. The summed E-state index contributed by atoms with van der Waals surface area (Å²) in [5.74, 6) is -0.609. The van der Waals surface area contributed by atoms with Gasteiger partial charge in [-0.3, -0.25) is 14.7 Å². The van der Waals surface area contributed by atoms with Gasteiger partial charge in [0.15, 0.2) is 0 Å². The zero-order valence-electron chi connectivity index (χ0n) is 18.4. The van der Waals surface area contributed by atoms with E-state index in [1.807, 2.05) is 23.1 Å². The van der Waals surface area contributed by atoms with Crippen molar-refractivity contribution in [2.75, 3.05) is 42.9 Å². The lowest BCUT2D eigenvalue weighted by Gasteiger charge is -2.36. The largest absolute Gasteiger partial charge is 0.392 e. The van der Waals surface area contributed by atoms with Crippen molar-refractivity contribution in [3.63, 3.8) is 0 Å². The molecule has 0 aliphatic carbocycles. The first-order chi connectivity index (χ1) is 16.1. The van der Waals surface area contributed by atoms with Gasteiger partial charge in [-0.15, -0.1) is 0 Å². The van der Waals surface area contributed by atoms with Crippen LogP contribution in [0.25, 0.3) is 0 Å². The van der Waals surface area contributed by atoms with Crippen LogP contribution in [-0.4, -0.2) is 54.3 Å². The van der Waals surface area contributed by atoms with Crippen LogP contribution in [0.5, 0.6) is 0 Å². The molecule has 8 heteroatoms. The highest BCUT2D eigenvalue weighted by Crippen LogP contribution is 2.35. The molecule has 3 heterocycles. The molecule has 5 rings (SSSR count). The number of anilines is 2. The molecule has 1 unspecified atom stereocenters. The van der Waals surface area contributed by atoms with E-state index in [1.165, 1.54) is 6.07 Å². The van der Waals surface area contributed by atoms with E-state index >= 15 is 0 Å². The van der Waals surface area contributed by atoms with Crippen molar-refractivity contribution in [1.29, 1.82) is 5.26 Å². The maximum atomic E-state index is 14.4. The Labute approximate surface area is 192 Å². The van der Waals surface area contributed by atoms with Crippen molar-refractivity contribution in [1.82, 2.24) is 4.90 Å². The fraction of sp³-hybridized carbons (Fsp3) is 0.400. The second-order valence-corrected chi connectivity index (χ2v) is 8.83. The van der Waals surface area contributed by atoms with Gasteiger partial charge in [0, 0.05) is 44.8 Å². The van der Waals surface area contributed by atoms with Gasteiger partial charge < -0.3 is 15.3 Å². The molecule has 1 fully saturated rings. The second-order valence-electron chi connectivity index (χ2n) is 8.83. The smallest absolute Gasteiger partial charge is 0.233 e. The van der Waals surface area contributed by atoms with Gasteiger partial charge in [0.1, 0.15) is 5.82 Å². The van der Waals surface area contributed by atoms with Crippen molar-refractivity contribution in [3.05, 3.63) is 58.4 Å². The zero-order chi connectivity index (χ0) is 22.9. The SMILES string of the molecule is N#Cc1ccc(N2CCN(Cc3cc(CO)c4c(c3)NC(=O)C3CCCN=C43)CC2)c(F)c1. The summed E-state index contributed by atoms with van der Waals surface area (Å²) in [6.45, 7) is 4.15. The van der Waals surface area contributed by atoms with Gasteiger partial charge in [-0.2, -0.15) is 5.26 Å². The molecule has 1 amide bonds. The number of aliphatic hydroxyl groups is 1. The second kappa shape index (κ2) is 8.93. The Bertz CT molecular complexity index is 1160. The van der Waals surface area contributed by atoms with Crippen molar-refractivity contribution in [2.24, 2.45) is 10.9 Å². The molecule has 33 heavy (non-hydrogen) atoms. The Kier molecular flexibility index (Phi) is 5.83. The summed E-state index contributed by atoms with van der Waals surface area (Å²) in [7, 11) is 0. The predicted molar refractivity (Wildman–Crippen MR) is 124 cm³/mol. The van der Waals surface area contributed by atoms with Crippen LogP contribution in [0.4, 0.5) is 15.8 Å². The molecule has 0 saturated carbocycles. The monoisotopic (exact) mass is 447 g/mol. The Hall–Kier alpha value is -3.28. The summed E-state index contributed by atoms with van der Waals surface area (Å²) in [6.07, 6.45) is 1.70. The average Bonchev–Trinajstić information content (AvgIpc) is 2.84. The lowest BCUT2D eigenvalue weighted by molar-refractivity contribution is -0.118. The highest BCUT2D eigenvalue weighted by molar-refractivity contribution is 6.23. The number of carbonyl (C=O) groups excluding carboxylic acids is 1. The molecule has 7 nitrogen and oxygen atoms in total. The van der Waals surface area contributed by atoms with Gasteiger partial charge in [-0.25, -0.2) is 4.39 Å². The number of amides is 1. The minimum Gasteiger partial charge on any atom is -0.392 e. The number of hydrogen-bond acceptors (Lipinski definition) is 6. The van der Waals surface area contributed by atoms with E-state index in [1.54, 1.807) is 12.1 Å². The molecule has 0 aromatic heterocycles. The molecule has 3 aliphatic rings. The molecule has 2 aromatic rings. The fourth-order valence-electron chi connectivity index (χ4n) is 5.09. The Morgan fingerprint density at radius 2 is 2.03 bits per heavy atom. The minimum absolute atomic E-state index is 0.0138. The molecule has 0 spiro atoms.